The number of hydrogen-bond donors (Lipinski definition) is 0. The maximum atomic E-state index is 12.3. The molecule has 0 saturated heterocycles. The SMILES string of the molecule is COc1ccc(C2=NC3(CCCCC3)C(=O)C2=O)cc1. The van der Waals surface area contributed by atoms with Crippen molar-refractivity contribution in [2.75, 3.05) is 7.11 Å². The molecule has 3 rings (SSSR count). The van der Waals surface area contributed by atoms with Crippen LogP contribution in [0.3, 0.4) is 0 Å². The van der Waals surface area contributed by atoms with Crippen LogP contribution in [0.15, 0.2) is 29.3 Å². The van der Waals surface area contributed by atoms with Crippen LogP contribution < -0.4 is 4.74 Å². The number of ether oxygens (including phenoxy) is 1. The fraction of sp³-hybridized carbons (Fsp3) is 0.438. The van der Waals surface area contributed by atoms with Crippen molar-refractivity contribution >= 4 is 17.3 Å². The fourth-order valence-electron chi connectivity index (χ4n) is 3.05. The zero-order valence-electron chi connectivity index (χ0n) is 11.5. The van der Waals surface area contributed by atoms with Crippen LogP contribution in [-0.4, -0.2) is 29.9 Å². The number of carbonyl (C=O) groups is 2. The normalized spacial score (nSPS) is 21.1. The van der Waals surface area contributed by atoms with Gasteiger partial charge in [0.2, 0.25) is 11.6 Å². The van der Waals surface area contributed by atoms with E-state index in [0.717, 1.165) is 25.0 Å². The maximum absolute atomic E-state index is 12.3. The highest BCUT2D eigenvalue weighted by Crippen LogP contribution is 2.37. The molecule has 1 aromatic carbocycles. The van der Waals surface area contributed by atoms with Crippen molar-refractivity contribution in [2.45, 2.75) is 37.6 Å². The van der Waals surface area contributed by atoms with Crippen LogP contribution in [0.2, 0.25) is 0 Å². The Morgan fingerprint density at radius 3 is 2.30 bits per heavy atom. The van der Waals surface area contributed by atoms with E-state index in [-0.39, 0.29) is 5.78 Å². The van der Waals surface area contributed by atoms with E-state index in [9.17, 15) is 9.59 Å². The van der Waals surface area contributed by atoms with Crippen molar-refractivity contribution in [2.24, 2.45) is 4.99 Å². The summed E-state index contributed by atoms with van der Waals surface area (Å²) >= 11 is 0. The number of aliphatic imine (C=N–C) groups is 1. The van der Waals surface area contributed by atoms with Crippen LogP contribution in [0, 0.1) is 0 Å². The van der Waals surface area contributed by atoms with Crippen molar-refractivity contribution in [1.29, 1.82) is 0 Å². The van der Waals surface area contributed by atoms with Crippen LogP contribution in [0.5, 0.6) is 5.75 Å². The lowest BCUT2D eigenvalue weighted by molar-refractivity contribution is -0.135. The van der Waals surface area contributed by atoms with Crippen LogP contribution in [0.1, 0.15) is 37.7 Å². The highest BCUT2D eigenvalue weighted by Gasteiger charge is 2.49. The van der Waals surface area contributed by atoms with Gasteiger partial charge >= 0.3 is 0 Å². The Morgan fingerprint density at radius 1 is 1.05 bits per heavy atom. The molecule has 104 valence electrons. The first-order chi connectivity index (χ1) is 9.66. The molecule has 0 radical (unpaired) electrons. The molecule has 1 heterocycles. The molecule has 0 N–H and O–H groups in total. The summed E-state index contributed by atoms with van der Waals surface area (Å²) in [7, 11) is 1.59. The molecule has 0 atom stereocenters. The molecule has 1 fully saturated rings. The number of rotatable bonds is 2. The topological polar surface area (TPSA) is 55.7 Å². The summed E-state index contributed by atoms with van der Waals surface area (Å²) in [6, 6.07) is 7.12. The largest absolute Gasteiger partial charge is 0.497 e. The number of benzene rings is 1. The minimum Gasteiger partial charge on any atom is -0.497 e. The number of carbonyl (C=O) groups excluding carboxylic acids is 2. The van der Waals surface area contributed by atoms with Gasteiger partial charge in [0.1, 0.15) is 17.0 Å². The molecule has 20 heavy (non-hydrogen) atoms. The summed E-state index contributed by atoms with van der Waals surface area (Å²) < 4.78 is 5.10. The number of Topliss-reactive ketones (excluding diaryl/α,β-unsaturated/α-hetero) is 2. The van der Waals surface area contributed by atoms with E-state index in [1.54, 1.807) is 31.4 Å². The molecule has 1 aliphatic heterocycles. The summed E-state index contributed by atoms with van der Waals surface area (Å²) in [5.41, 5.74) is 0.260. The van der Waals surface area contributed by atoms with Crippen molar-refractivity contribution in [3.63, 3.8) is 0 Å². The van der Waals surface area contributed by atoms with E-state index in [1.807, 2.05) is 0 Å². The maximum Gasteiger partial charge on any atom is 0.249 e. The average Bonchev–Trinajstić information content (AvgIpc) is 2.74. The lowest BCUT2D eigenvalue weighted by atomic mass is 9.79. The van der Waals surface area contributed by atoms with Gasteiger partial charge in [0.05, 0.1) is 7.11 Å². The molecule has 1 aromatic rings. The van der Waals surface area contributed by atoms with Crippen molar-refractivity contribution in [3.05, 3.63) is 29.8 Å². The lowest BCUT2D eigenvalue weighted by Gasteiger charge is -2.27. The summed E-state index contributed by atoms with van der Waals surface area (Å²) in [6.07, 6.45) is 4.47. The molecular weight excluding hydrogens is 254 g/mol. The van der Waals surface area contributed by atoms with Crippen LogP contribution in [0.4, 0.5) is 0 Å². The summed E-state index contributed by atoms with van der Waals surface area (Å²) in [5.74, 6) is -0.0291. The number of ketones is 2. The fourth-order valence-corrected chi connectivity index (χ4v) is 3.05. The average molecular weight is 271 g/mol. The van der Waals surface area contributed by atoms with Crippen LogP contribution in [-0.2, 0) is 9.59 Å². The number of methoxy groups -OCH3 is 1. The van der Waals surface area contributed by atoms with Gasteiger partial charge in [-0.2, -0.15) is 0 Å². The second-order valence-corrected chi connectivity index (χ2v) is 5.44. The number of nitrogens with zero attached hydrogens (tertiary/aromatic N) is 1. The third kappa shape index (κ3) is 1.96. The van der Waals surface area contributed by atoms with Gasteiger partial charge < -0.3 is 4.74 Å². The van der Waals surface area contributed by atoms with E-state index in [2.05, 4.69) is 4.99 Å². The molecule has 0 bridgehead atoms. The molecule has 2 aliphatic rings. The number of hydrogen-bond acceptors (Lipinski definition) is 4. The highest BCUT2D eigenvalue weighted by molar-refractivity contribution is 6.72. The minimum atomic E-state index is -0.759. The molecule has 0 amide bonds. The Morgan fingerprint density at radius 2 is 1.70 bits per heavy atom. The quantitative estimate of drug-likeness (QED) is 0.776. The van der Waals surface area contributed by atoms with E-state index >= 15 is 0 Å². The third-order valence-corrected chi connectivity index (χ3v) is 4.21. The van der Waals surface area contributed by atoms with Gasteiger partial charge in [0, 0.05) is 5.56 Å². The summed E-state index contributed by atoms with van der Waals surface area (Å²) in [4.78, 5) is 29.1. The van der Waals surface area contributed by atoms with Crippen LogP contribution >= 0.6 is 0 Å². The second-order valence-electron chi connectivity index (χ2n) is 5.44. The van der Waals surface area contributed by atoms with Gasteiger partial charge in [-0.05, 0) is 37.1 Å². The second kappa shape index (κ2) is 4.85. The summed E-state index contributed by atoms with van der Waals surface area (Å²) in [5, 5.41) is 0. The predicted molar refractivity (Wildman–Crippen MR) is 75.4 cm³/mol. The minimum absolute atomic E-state index is 0.317. The first-order valence-electron chi connectivity index (χ1n) is 7.00. The smallest absolute Gasteiger partial charge is 0.249 e. The van der Waals surface area contributed by atoms with Gasteiger partial charge in [-0.3, -0.25) is 14.6 Å². The lowest BCUT2D eigenvalue weighted by Crippen LogP contribution is -2.38. The first kappa shape index (κ1) is 13.0. The Kier molecular flexibility index (Phi) is 3.16. The van der Waals surface area contributed by atoms with Gasteiger partial charge in [-0.15, -0.1) is 0 Å². The molecule has 1 spiro atoms. The van der Waals surface area contributed by atoms with E-state index in [4.69, 9.17) is 4.74 Å². The molecule has 0 aromatic heterocycles. The molecule has 1 aliphatic carbocycles. The molecule has 1 saturated carbocycles. The molecular formula is C16H17NO3. The van der Waals surface area contributed by atoms with E-state index in [1.165, 1.54) is 0 Å². The van der Waals surface area contributed by atoms with Gasteiger partial charge in [0.25, 0.3) is 0 Å². The standard InChI is InChI=1S/C16H17NO3/c1-20-12-7-5-11(6-8-12)13-14(18)15(19)16(17-13)9-3-2-4-10-16/h5-8H,2-4,9-10H2,1H3. The van der Waals surface area contributed by atoms with Gasteiger partial charge in [-0.1, -0.05) is 19.3 Å². The molecule has 0 unspecified atom stereocenters. The third-order valence-electron chi connectivity index (χ3n) is 4.21. The van der Waals surface area contributed by atoms with E-state index in [0.29, 0.717) is 24.1 Å². The van der Waals surface area contributed by atoms with Gasteiger partial charge in [-0.25, -0.2) is 0 Å². The molecule has 4 nitrogen and oxygen atoms in total. The van der Waals surface area contributed by atoms with E-state index < -0.39 is 11.3 Å². The predicted octanol–water partition coefficient (Wildman–Crippen LogP) is 2.34. The van der Waals surface area contributed by atoms with Crippen molar-refractivity contribution in [1.82, 2.24) is 0 Å². The highest BCUT2D eigenvalue weighted by atomic mass is 16.5. The van der Waals surface area contributed by atoms with Crippen LogP contribution in [0.25, 0.3) is 0 Å². The Labute approximate surface area is 117 Å². The van der Waals surface area contributed by atoms with Crippen molar-refractivity contribution < 1.29 is 14.3 Å². The Bertz CT molecular complexity index is 580. The zero-order chi connectivity index (χ0) is 14.2. The monoisotopic (exact) mass is 271 g/mol. The molecule has 4 heteroatoms. The Balaban J connectivity index is 1.97. The zero-order valence-corrected chi connectivity index (χ0v) is 11.5. The first-order valence-corrected chi connectivity index (χ1v) is 7.00. The summed E-state index contributed by atoms with van der Waals surface area (Å²) in [6.45, 7) is 0. The van der Waals surface area contributed by atoms with Gasteiger partial charge in [0.15, 0.2) is 0 Å². The Hall–Kier alpha value is -1.97. The van der Waals surface area contributed by atoms with Crippen molar-refractivity contribution in [3.8, 4) is 5.75 Å².